The van der Waals surface area contributed by atoms with Crippen molar-refractivity contribution in [3.63, 3.8) is 0 Å². The van der Waals surface area contributed by atoms with Gasteiger partial charge in [0.15, 0.2) is 17.7 Å². The van der Waals surface area contributed by atoms with Crippen LogP contribution >= 0.6 is 11.6 Å². The number of halogens is 2. The van der Waals surface area contributed by atoms with Gasteiger partial charge in [0, 0.05) is 5.02 Å². The smallest absolute Gasteiger partial charge is 0.192 e. The highest BCUT2D eigenvalue weighted by molar-refractivity contribution is 6.69. The second kappa shape index (κ2) is 9.54. The van der Waals surface area contributed by atoms with Crippen LogP contribution in [0.2, 0.25) is 5.02 Å². The number of nitrogens with zero attached hydrogens (tertiary/aromatic N) is 5. The van der Waals surface area contributed by atoms with Crippen LogP contribution in [0.5, 0.6) is 0 Å². The molecule has 0 saturated carbocycles. The molecule has 0 spiro atoms. The predicted octanol–water partition coefficient (Wildman–Crippen LogP) is 2.90. The van der Waals surface area contributed by atoms with Crippen LogP contribution in [0.4, 0.5) is 15.8 Å². The Bertz CT molecular complexity index is 1170. The van der Waals surface area contributed by atoms with Gasteiger partial charge in [0.1, 0.15) is 11.5 Å². The van der Waals surface area contributed by atoms with Gasteiger partial charge in [-0.05, 0) is 50.2 Å². The number of hydrazone groups is 3. The minimum Gasteiger partial charge on any atom is -0.300 e. The van der Waals surface area contributed by atoms with E-state index in [2.05, 4.69) is 52.6 Å². The van der Waals surface area contributed by atoms with E-state index in [0.29, 0.717) is 39.4 Å². The Balaban J connectivity index is 1.40. The number of benzene rings is 2. The molecule has 0 amide bonds. The Hall–Kier alpha value is -3.83. The van der Waals surface area contributed by atoms with Crippen molar-refractivity contribution in [3.8, 4) is 0 Å². The molecule has 4 rings (SSSR count). The molecule has 164 valence electrons. The van der Waals surface area contributed by atoms with E-state index in [0.717, 1.165) is 5.69 Å². The van der Waals surface area contributed by atoms with E-state index < -0.39 is 6.17 Å². The number of hydrazine groups is 1. The zero-order chi connectivity index (χ0) is 22.5. The molecule has 2 aromatic carbocycles. The fourth-order valence-electron chi connectivity index (χ4n) is 2.85. The van der Waals surface area contributed by atoms with Crippen LogP contribution in [-0.4, -0.2) is 34.8 Å². The number of amidine groups is 1. The number of rotatable bonds is 6. The lowest BCUT2D eigenvalue weighted by atomic mass is 10.2. The van der Waals surface area contributed by atoms with Crippen molar-refractivity contribution in [3.05, 3.63) is 59.4 Å². The summed E-state index contributed by atoms with van der Waals surface area (Å²) in [6.07, 6.45) is -0.471. The highest BCUT2D eigenvalue weighted by Crippen LogP contribution is 2.15. The summed E-state index contributed by atoms with van der Waals surface area (Å²) in [6, 6.07) is 13.2. The summed E-state index contributed by atoms with van der Waals surface area (Å²) in [5.74, 6) is 0.0649. The third kappa shape index (κ3) is 5.07. The summed E-state index contributed by atoms with van der Waals surface area (Å²) < 4.78 is 13.4. The van der Waals surface area contributed by atoms with Crippen molar-refractivity contribution in [1.82, 2.24) is 16.3 Å². The van der Waals surface area contributed by atoms with E-state index in [1.807, 2.05) is 19.1 Å². The fraction of sp³-hybridized carbons (Fsp3) is 0.150. The van der Waals surface area contributed by atoms with Crippen molar-refractivity contribution >= 4 is 51.7 Å². The van der Waals surface area contributed by atoms with Crippen molar-refractivity contribution in [2.75, 3.05) is 10.9 Å². The molecule has 2 aromatic rings. The first kappa shape index (κ1) is 21.4. The summed E-state index contributed by atoms with van der Waals surface area (Å²) in [6.45, 7) is 3.61. The molecule has 1 unspecified atom stereocenters. The molecule has 0 fully saturated rings. The topological polar surface area (TPSA) is 122 Å². The largest absolute Gasteiger partial charge is 0.300 e. The zero-order valence-electron chi connectivity index (χ0n) is 17.2. The van der Waals surface area contributed by atoms with Gasteiger partial charge in [0.25, 0.3) is 0 Å². The zero-order valence-corrected chi connectivity index (χ0v) is 17.9. The summed E-state index contributed by atoms with van der Waals surface area (Å²) >= 11 is 6.01. The minimum absolute atomic E-state index is 0.353. The van der Waals surface area contributed by atoms with Crippen LogP contribution in [0.1, 0.15) is 13.8 Å². The second-order valence-electron chi connectivity index (χ2n) is 6.86. The van der Waals surface area contributed by atoms with Crippen LogP contribution < -0.4 is 27.1 Å². The van der Waals surface area contributed by atoms with Gasteiger partial charge in [-0.15, -0.1) is 5.10 Å². The summed E-state index contributed by atoms with van der Waals surface area (Å²) in [7, 11) is 0. The quantitative estimate of drug-likeness (QED) is 0.430. The molecule has 5 N–H and O–H groups in total. The van der Waals surface area contributed by atoms with Gasteiger partial charge in [-0.1, -0.05) is 23.7 Å². The lowest BCUT2D eigenvalue weighted by Gasteiger charge is -2.16. The minimum atomic E-state index is -0.471. The van der Waals surface area contributed by atoms with E-state index in [1.165, 1.54) is 12.1 Å². The molecule has 2 aliphatic heterocycles. The summed E-state index contributed by atoms with van der Waals surface area (Å²) in [5.41, 5.74) is 18.4. The van der Waals surface area contributed by atoms with E-state index in [1.54, 1.807) is 31.2 Å². The first-order valence-electron chi connectivity index (χ1n) is 9.63. The van der Waals surface area contributed by atoms with Crippen molar-refractivity contribution in [2.45, 2.75) is 20.0 Å². The highest BCUT2D eigenvalue weighted by atomic mass is 35.5. The molecular weight excluding hydrogens is 435 g/mol. The van der Waals surface area contributed by atoms with Gasteiger partial charge >= 0.3 is 0 Å². The Morgan fingerprint density at radius 2 is 1.72 bits per heavy atom. The predicted molar refractivity (Wildman–Crippen MR) is 127 cm³/mol. The molecule has 0 bridgehead atoms. The van der Waals surface area contributed by atoms with Crippen LogP contribution in [0.15, 0.2) is 74.0 Å². The lowest BCUT2D eigenvalue weighted by Crippen LogP contribution is -2.54. The first-order chi connectivity index (χ1) is 15.5. The maximum atomic E-state index is 13.4. The van der Waals surface area contributed by atoms with Crippen LogP contribution in [0.3, 0.4) is 0 Å². The number of hydrogen-bond acceptors (Lipinski definition) is 10. The number of anilines is 2. The van der Waals surface area contributed by atoms with E-state index in [9.17, 15) is 4.39 Å². The van der Waals surface area contributed by atoms with Crippen molar-refractivity contribution < 1.29 is 4.39 Å². The third-order valence-electron chi connectivity index (χ3n) is 4.46. The average molecular weight is 455 g/mol. The molecule has 2 heterocycles. The van der Waals surface area contributed by atoms with Crippen molar-refractivity contribution in [1.29, 1.82) is 0 Å². The fourth-order valence-corrected chi connectivity index (χ4v) is 3.04. The molecule has 0 aliphatic carbocycles. The number of hydrogen-bond donors (Lipinski definition) is 5. The molecule has 32 heavy (non-hydrogen) atoms. The van der Waals surface area contributed by atoms with Crippen LogP contribution in [0, 0.1) is 5.82 Å². The molecule has 0 saturated heterocycles. The Morgan fingerprint density at radius 3 is 2.50 bits per heavy atom. The molecule has 10 nitrogen and oxygen atoms in total. The first-order valence-corrected chi connectivity index (χ1v) is 10.0. The van der Waals surface area contributed by atoms with E-state index in [-0.39, 0.29) is 5.82 Å². The molecule has 2 aliphatic rings. The maximum Gasteiger partial charge on any atom is 0.192 e. The second-order valence-corrected chi connectivity index (χ2v) is 7.30. The molecule has 0 aromatic heterocycles. The van der Waals surface area contributed by atoms with Crippen LogP contribution in [-0.2, 0) is 0 Å². The molecule has 0 radical (unpaired) electrons. The summed E-state index contributed by atoms with van der Waals surface area (Å²) in [4.78, 5) is 0. The van der Waals surface area contributed by atoms with Crippen molar-refractivity contribution in [2.24, 2.45) is 25.5 Å². The third-order valence-corrected chi connectivity index (χ3v) is 4.69. The number of nitrogens with one attached hydrogen (secondary N) is 5. The van der Waals surface area contributed by atoms with Gasteiger partial charge < -0.3 is 5.43 Å². The van der Waals surface area contributed by atoms with Gasteiger partial charge in [-0.2, -0.15) is 20.4 Å². The van der Waals surface area contributed by atoms with Crippen LogP contribution in [0.25, 0.3) is 0 Å². The van der Waals surface area contributed by atoms with E-state index in [4.69, 9.17) is 11.6 Å². The Morgan fingerprint density at radius 1 is 0.969 bits per heavy atom. The summed E-state index contributed by atoms with van der Waals surface area (Å²) in [5, 5.41) is 21.7. The maximum absolute atomic E-state index is 13.4. The highest BCUT2D eigenvalue weighted by Gasteiger charge is 2.26. The molecular formula is C20H20ClFN10. The SMILES string of the molecule is CC1=NN=C(NNC2NN=C(C)C2=NNc2cccc(F)c2)C1=NNc1cccc(Cl)c1. The van der Waals surface area contributed by atoms with Gasteiger partial charge in [-0.3, -0.25) is 16.3 Å². The standard InChI is InChI=1S/C20H20ClFN10/c1-11-17(27-25-15-7-3-5-13(21)9-15)19(29-23-11)31-32-20-18(12(2)24-30-20)28-26-16-8-4-6-14(22)10-16/h3-10,20,25-26,30,32H,1-2H3,(H,27,29,31). The van der Waals surface area contributed by atoms with Gasteiger partial charge in [0.2, 0.25) is 0 Å². The normalized spacial score (nSPS) is 20.0. The average Bonchev–Trinajstić information content (AvgIpc) is 3.31. The van der Waals surface area contributed by atoms with Gasteiger partial charge in [-0.25, -0.2) is 9.82 Å². The lowest BCUT2D eigenvalue weighted by molar-refractivity contribution is 0.524. The Labute approximate surface area is 188 Å². The monoisotopic (exact) mass is 454 g/mol. The molecule has 1 atom stereocenters. The Kier molecular flexibility index (Phi) is 6.38. The van der Waals surface area contributed by atoms with Gasteiger partial charge in [0.05, 0.1) is 22.8 Å². The molecule has 12 heteroatoms. The van der Waals surface area contributed by atoms with E-state index >= 15 is 0 Å².